The van der Waals surface area contributed by atoms with E-state index < -0.39 is 0 Å². The zero-order valence-electron chi connectivity index (χ0n) is 11.9. The first-order chi connectivity index (χ1) is 9.96. The highest BCUT2D eigenvalue weighted by Gasteiger charge is 2.25. The summed E-state index contributed by atoms with van der Waals surface area (Å²) in [5.74, 6) is 0.870. The molecular formula is C17H16Cl3O. The third-order valence-electron chi connectivity index (χ3n) is 3.43. The highest BCUT2D eigenvalue weighted by atomic mass is 35.5. The molecule has 0 saturated carbocycles. The fraction of sp³-hybridized carbons (Fsp3) is 0.294. The maximum atomic E-state index is 6.30. The summed E-state index contributed by atoms with van der Waals surface area (Å²) >= 11 is 18.2. The lowest BCUT2D eigenvalue weighted by Gasteiger charge is -2.27. The van der Waals surface area contributed by atoms with E-state index in [1.165, 1.54) is 0 Å². The molecule has 0 aliphatic heterocycles. The van der Waals surface area contributed by atoms with Gasteiger partial charge < -0.3 is 4.74 Å². The standard InChI is InChI=1S/C17H16Cl3O/c1-17(2,12-6-4-3-5-7-12)13-10-14(19)16(15(20)11-13)21-9-8-18/h3-6,10-11H,8-9H2,1-2H3. The Morgan fingerprint density at radius 1 is 1.14 bits per heavy atom. The Balaban J connectivity index is 2.41. The number of alkyl halides is 1. The lowest BCUT2D eigenvalue weighted by Crippen LogP contribution is -2.19. The first-order valence-electron chi connectivity index (χ1n) is 6.62. The van der Waals surface area contributed by atoms with Crippen molar-refractivity contribution in [1.82, 2.24) is 0 Å². The zero-order chi connectivity index (χ0) is 15.5. The monoisotopic (exact) mass is 341 g/mol. The molecule has 0 amide bonds. The molecule has 0 N–H and O–H groups in total. The van der Waals surface area contributed by atoms with Crippen molar-refractivity contribution < 1.29 is 4.74 Å². The molecule has 0 bridgehead atoms. The average molecular weight is 343 g/mol. The first kappa shape index (κ1) is 16.5. The summed E-state index contributed by atoms with van der Waals surface area (Å²) in [5.41, 5.74) is 1.84. The van der Waals surface area contributed by atoms with Gasteiger partial charge in [0.15, 0.2) is 5.75 Å². The van der Waals surface area contributed by atoms with Gasteiger partial charge in [-0.3, -0.25) is 0 Å². The molecule has 1 nitrogen and oxygen atoms in total. The SMILES string of the molecule is CC(C)(c1[c]cccc1)c1cc(Cl)c(OCCCl)c(Cl)c1. The first-order valence-corrected chi connectivity index (χ1v) is 7.91. The summed E-state index contributed by atoms with van der Waals surface area (Å²) in [6, 6.07) is 14.9. The van der Waals surface area contributed by atoms with Crippen LogP contribution in [0.15, 0.2) is 36.4 Å². The summed E-state index contributed by atoms with van der Waals surface area (Å²) in [6.45, 7) is 4.59. The second-order valence-corrected chi connectivity index (χ2v) is 6.40. The van der Waals surface area contributed by atoms with Crippen LogP contribution < -0.4 is 4.74 Å². The molecule has 0 spiro atoms. The molecule has 0 saturated heterocycles. The van der Waals surface area contributed by atoms with Gasteiger partial charge in [0.2, 0.25) is 0 Å². The largest absolute Gasteiger partial charge is 0.489 e. The molecule has 0 fully saturated rings. The normalized spacial score (nSPS) is 11.5. The van der Waals surface area contributed by atoms with Crippen LogP contribution in [-0.4, -0.2) is 12.5 Å². The smallest absolute Gasteiger partial charge is 0.156 e. The molecule has 0 atom stereocenters. The maximum Gasteiger partial charge on any atom is 0.156 e. The van der Waals surface area contributed by atoms with Crippen LogP contribution in [0, 0.1) is 6.07 Å². The number of halogens is 3. The van der Waals surface area contributed by atoms with Crippen molar-refractivity contribution in [2.75, 3.05) is 12.5 Å². The van der Waals surface area contributed by atoms with E-state index in [0.717, 1.165) is 11.1 Å². The molecule has 0 heterocycles. The van der Waals surface area contributed by atoms with E-state index in [0.29, 0.717) is 28.3 Å². The van der Waals surface area contributed by atoms with Gasteiger partial charge >= 0.3 is 0 Å². The lowest BCUT2D eigenvalue weighted by molar-refractivity contribution is 0.343. The minimum atomic E-state index is -0.250. The van der Waals surface area contributed by atoms with Crippen LogP contribution in [0.25, 0.3) is 0 Å². The fourth-order valence-corrected chi connectivity index (χ4v) is 2.81. The Morgan fingerprint density at radius 2 is 1.81 bits per heavy atom. The molecule has 2 rings (SSSR count). The summed E-state index contributed by atoms with van der Waals surface area (Å²) in [6.07, 6.45) is 0. The maximum absolute atomic E-state index is 6.30. The Hall–Kier alpha value is -0.890. The van der Waals surface area contributed by atoms with Crippen LogP contribution in [-0.2, 0) is 5.41 Å². The van der Waals surface area contributed by atoms with E-state index in [1.807, 2.05) is 36.4 Å². The van der Waals surface area contributed by atoms with Gasteiger partial charge in [-0.1, -0.05) is 61.3 Å². The number of benzene rings is 2. The Labute approximate surface area is 140 Å². The summed E-state index contributed by atoms with van der Waals surface area (Å²) < 4.78 is 5.49. The lowest BCUT2D eigenvalue weighted by atomic mass is 9.78. The summed E-state index contributed by atoms with van der Waals surface area (Å²) in [7, 11) is 0. The molecule has 0 aromatic heterocycles. The van der Waals surface area contributed by atoms with Crippen molar-refractivity contribution in [3.05, 3.63) is 63.6 Å². The van der Waals surface area contributed by atoms with Crippen LogP contribution in [0.5, 0.6) is 5.75 Å². The molecule has 21 heavy (non-hydrogen) atoms. The number of rotatable bonds is 5. The van der Waals surface area contributed by atoms with Crippen molar-refractivity contribution in [3.8, 4) is 5.75 Å². The van der Waals surface area contributed by atoms with E-state index in [9.17, 15) is 0 Å². The van der Waals surface area contributed by atoms with Gasteiger partial charge in [0.25, 0.3) is 0 Å². The predicted octanol–water partition coefficient (Wildman–Crippen LogP) is 5.74. The highest BCUT2D eigenvalue weighted by Crippen LogP contribution is 2.40. The number of hydrogen-bond acceptors (Lipinski definition) is 1. The molecule has 2 aromatic carbocycles. The minimum absolute atomic E-state index is 0.250. The van der Waals surface area contributed by atoms with E-state index in [1.54, 1.807) is 0 Å². The summed E-state index contributed by atoms with van der Waals surface area (Å²) in [4.78, 5) is 0. The highest BCUT2D eigenvalue weighted by molar-refractivity contribution is 6.37. The quantitative estimate of drug-likeness (QED) is 0.630. The van der Waals surface area contributed by atoms with Crippen molar-refractivity contribution in [3.63, 3.8) is 0 Å². The van der Waals surface area contributed by atoms with Gasteiger partial charge in [0.05, 0.1) is 15.9 Å². The van der Waals surface area contributed by atoms with Crippen molar-refractivity contribution >= 4 is 34.8 Å². The van der Waals surface area contributed by atoms with Gasteiger partial charge in [-0.2, -0.15) is 0 Å². The van der Waals surface area contributed by atoms with Gasteiger partial charge in [-0.15, -0.1) is 11.6 Å². The van der Waals surface area contributed by atoms with Crippen LogP contribution >= 0.6 is 34.8 Å². The van der Waals surface area contributed by atoms with E-state index in [2.05, 4.69) is 19.9 Å². The predicted molar refractivity (Wildman–Crippen MR) is 90.1 cm³/mol. The molecule has 0 unspecified atom stereocenters. The van der Waals surface area contributed by atoms with Crippen molar-refractivity contribution in [2.24, 2.45) is 0 Å². The Bertz CT molecular complexity index is 586. The van der Waals surface area contributed by atoms with Crippen LogP contribution in [0.1, 0.15) is 25.0 Å². The molecule has 111 valence electrons. The van der Waals surface area contributed by atoms with E-state index in [-0.39, 0.29) is 5.41 Å². The Kier molecular flexibility index (Phi) is 5.43. The van der Waals surface area contributed by atoms with Gasteiger partial charge in [-0.05, 0) is 29.3 Å². The fourth-order valence-electron chi connectivity index (χ4n) is 2.14. The number of hydrogen-bond donors (Lipinski definition) is 0. The van der Waals surface area contributed by atoms with Crippen molar-refractivity contribution in [1.29, 1.82) is 0 Å². The topological polar surface area (TPSA) is 9.23 Å². The van der Waals surface area contributed by atoms with Crippen molar-refractivity contribution in [2.45, 2.75) is 19.3 Å². The van der Waals surface area contributed by atoms with Gasteiger partial charge in [0, 0.05) is 5.41 Å². The van der Waals surface area contributed by atoms with Crippen LogP contribution in [0.2, 0.25) is 10.0 Å². The Morgan fingerprint density at radius 3 is 2.33 bits per heavy atom. The van der Waals surface area contributed by atoms with Crippen LogP contribution in [0.4, 0.5) is 0 Å². The summed E-state index contributed by atoms with van der Waals surface area (Å²) in [5, 5.41) is 0.984. The third kappa shape index (κ3) is 3.66. The molecule has 4 heteroatoms. The van der Waals surface area contributed by atoms with E-state index >= 15 is 0 Å². The number of ether oxygens (including phenoxy) is 1. The third-order valence-corrected chi connectivity index (χ3v) is 4.14. The minimum Gasteiger partial charge on any atom is -0.489 e. The second kappa shape index (κ2) is 6.91. The van der Waals surface area contributed by atoms with Gasteiger partial charge in [0.1, 0.15) is 6.61 Å². The molecular weight excluding hydrogens is 327 g/mol. The molecule has 1 radical (unpaired) electrons. The second-order valence-electron chi connectivity index (χ2n) is 5.21. The van der Waals surface area contributed by atoms with E-state index in [4.69, 9.17) is 39.5 Å². The molecule has 0 aliphatic carbocycles. The molecule has 0 aliphatic rings. The average Bonchev–Trinajstić information content (AvgIpc) is 2.47. The van der Waals surface area contributed by atoms with Gasteiger partial charge in [-0.25, -0.2) is 0 Å². The molecule has 2 aromatic rings. The van der Waals surface area contributed by atoms with Crippen LogP contribution in [0.3, 0.4) is 0 Å². The zero-order valence-corrected chi connectivity index (χ0v) is 14.2.